The second kappa shape index (κ2) is 4.91. The van der Waals surface area contributed by atoms with Gasteiger partial charge in [-0.3, -0.25) is 0 Å². The lowest BCUT2D eigenvalue weighted by atomic mass is 10.1. The van der Waals surface area contributed by atoms with E-state index in [1.54, 1.807) is 0 Å². The van der Waals surface area contributed by atoms with Gasteiger partial charge < -0.3 is 5.73 Å². The Morgan fingerprint density at radius 2 is 2.09 bits per heavy atom. The van der Waals surface area contributed by atoms with Crippen molar-refractivity contribution >= 4 is 0 Å². The van der Waals surface area contributed by atoms with Crippen molar-refractivity contribution in [3.63, 3.8) is 0 Å². The van der Waals surface area contributed by atoms with Gasteiger partial charge in [0.25, 0.3) is 0 Å². The van der Waals surface area contributed by atoms with Gasteiger partial charge in [0.15, 0.2) is 0 Å². The van der Waals surface area contributed by atoms with E-state index in [0.717, 1.165) is 25.8 Å². The van der Waals surface area contributed by atoms with Crippen molar-refractivity contribution in [1.82, 2.24) is 0 Å². The van der Waals surface area contributed by atoms with Gasteiger partial charge >= 0.3 is 0 Å². The van der Waals surface area contributed by atoms with E-state index in [1.807, 2.05) is 0 Å². The molecule has 0 aromatic carbocycles. The van der Waals surface area contributed by atoms with E-state index < -0.39 is 0 Å². The number of rotatable bonds is 2. The first-order chi connectivity index (χ1) is 5.43. The Balaban J connectivity index is 2.57. The van der Waals surface area contributed by atoms with Crippen LogP contribution < -0.4 is 5.73 Å². The highest BCUT2D eigenvalue weighted by atomic mass is 14.5. The molecule has 1 aliphatic carbocycles. The topological polar surface area (TPSA) is 26.0 Å². The lowest BCUT2D eigenvalue weighted by Crippen LogP contribution is -1.99. The smallest absolute Gasteiger partial charge is 0.00367 e. The lowest BCUT2D eigenvalue weighted by Gasteiger charge is -1.99. The third-order valence-electron chi connectivity index (χ3n) is 1.71. The van der Waals surface area contributed by atoms with Gasteiger partial charge in [-0.05, 0) is 31.4 Å². The Bertz CT molecular complexity index is 187. The highest BCUT2D eigenvalue weighted by molar-refractivity contribution is 5.25. The van der Waals surface area contributed by atoms with Crippen molar-refractivity contribution in [1.29, 1.82) is 0 Å². The molecule has 0 aromatic heterocycles. The van der Waals surface area contributed by atoms with Crippen LogP contribution in [0.2, 0.25) is 0 Å². The zero-order valence-corrected chi connectivity index (χ0v) is 6.79. The standard InChI is InChI=1S/C10H15N/c11-9-8-10-6-4-2-1-3-5-7-10/h2,4-7H,1,3,8-9,11H2/b4-2-,7-5?,10-6?. The third kappa shape index (κ3) is 3.19. The monoisotopic (exact) mass is 149 g/mol. The fourth-order valence-corrected chi connectivity index (χ4v) is 1.10. The van der Waals surface area contributed by atoms with Gasteiger partial charge in [-0.15, -0.1) is 0 Å². The molecule has 0 radical (unpaired) electrons. The summed E-state index contributed by atoms with van der Waals surface area (Å²) in [4.78, 5) is 0. The molecule has 0 amide bonds. The van der Waals surface area contributed by atoms with E-state index in [1.165, 1.54) is 5.57 Å². The Morgan fingerprint density at radius 1 is 1.27 bits per heavy atom. The van der Waals surface area contributed by atoms with E-state index in [4.69, 9.17) is 5.73 Å². The summed E-state index contributed by atoms with van der Waals surface area (Å²) in [5, 5.41) is 0. The number of nitrogens with two attached hydrogens (primary N) is 1. The summed E-state index contributed by atoms with van der Waals surface area (Å²) in [7, 11) is 0. The molecular formula is C10H15N. The van der Waals surface area contributed by atoms with Crippen molar-refractivity contribution in [2.45, 2.75) is 19.3 Å². The van der Waals surface area contributed by atoms with Gasteiger partial charge in [-0.25, -0.2) is 0 Å². The van der Waals surface area contributed by atoms with Crippen LogP contribution >= 0.6 is 0 Å². The zero-order chi connectivity index (χ0) is 7.94. The average Bonchev–Trinajstić information content (AvgIpc) is 1.94. The largest absolute Gasteiger partial charge is 0.330 e. The number of hydrogen-bond donors (Lipinski definition) is 1. The molecule has 0 aliphatic heterocycles. The van der Waals surface area contributed by atoms with Crippen molar-refractivity contribution in [3.05, 3.63) is 36.0 Å². The van der Waals surface area contributed by atoms with Gasteiger partial charge in [-0.1, -0.05) is 30.4 Å². The molecular weight excluding hydrogens is 134 g/mol. The Kier molecular flexibility index (Phi) is 3.70. The maximum atomic E-state index is 5.45. The van der Waals surface area contributed by atoms with Crippen LogP contribution in [0.15, 0.2) is 36.0 Å². The van der Waals surface area contributed by atoms with Crippen LogP contribution in [-0.4, -0.2) is 6.54 Å². The molecule has 60 valence electrons. The molecule has 1 heteroatoms. The van der Waals surface area contributed by atoms with E-state index >= 15 is 0 Å². The summed E-state index contributed by atoms with van der Waals surface area (Å²) in [6.07, 6.45) is 14.1. The highest BCUT2D eigenvalue weighted by Gasteiger charge is 1.90. The normalized spacial score (nSPS) is 20.3. The van der Waals surface area contributed by atoms with Crippen molar-refractivity contribution in [3.8, 4) is 0 Å². The van der Waals surface area contributed by atoms with E-state index in [-0.39, 0.29) is 0 Å². The van der Waals surface area contributed by atoms with Gasteiger partial charge in [0, 0.05) is 0 Å². The summed E-state index contributed by atoms with van der Waals surface area (Å²) >= 11 is 0. The van der Waals surface area contributed by atoms with Crippen molar-refractivity contribution in [2.75, 3.05) is 6.54 Å². The van der Waals surface area contributed by atoms with Gasteiger partial charge in [-0.2, -0.15) is 0 Å². The highest BCUT2D eigenvalue weighted by Crippen LogP contribution is 2.07. The van der Waals surface area contributed by atoms with E-state index in [0.29, 0.717) is 0 Å². The molecule has 0 saturated carbocycles. The molecule has 0 bridgehead atoms. The van der Waals surface area contributed by atoms with Crippen LogP contribution in [0.4, 0.5) is 0 Å². The Hall–Kier alpha value is -0.820. The molecule has 0 aromatic rings. The molecule has 11 heavy (non-hydrogen) atoms. The summed E-state index contributed by atoms with van der Waals surface area (Å²) in [5.41, 5.74) is 6.79. The summed E-state index contributed by atoms with van der Waals surface area (Å²) < 4.78 is 0. The van der Waals surface area contributed by atoms with Crippen molar-refractivity contribution < 1.29 is 0 Å². The van der Waals surface area contributed by atoms with Crippen LogP contribution in [0.5, 0.6) is 0 Å². The second-order valence-corrected chi connectivity index (χ2v) is 2.69. The van der Waals surface area contributed by atoms with Gasteiger partial charge in [0.2, 0.25) is 0 Å². The van der Waals surface area contributed by atoms with Crippen LogP contribution in [-0.2, 0) is 0 Å². The molecule has 0 unspecified atom stereocenters. The minimum Gasteiger partial charge on any atom is -0.330 e. The van der Waals surface area contributed by atoms with Crippen molar-refractivity contribution in [2.24, 2.45) is 5.73 Å². The SMILES string of the molecule is NCCC1=C/C=C\CCC=C1. The van der Waals surface area contributed by atoms with Crippen LogP contribution in [0.1, 0.15) is 19.3 Å². The van der Waals surface area contributed by atoms with Gasteiger partial charge in [0.1, 0.15) is 0 Å². The van der Waals surface area contributed by atoms with E-state index in [2.05, 4.69) is 30.4 Å². The molecule has 0 saturated heterocycles. The van der Waals surface area contributed by atoms with E-state index in [9.17, 15) is 0 Å². The minimum atomic E-state index is 0.740. The maximum Gasteiger partial charge on any atom is -0.00367 e. The molecule has 1 rings (SSSR count). The molecule has 0 spiro atoms. The lowest BCUT2D eigenvalue weighted by molar-refractivity contribution is 0.963. The minimum absolute atomic E-state index is 0.740. The second-order valence-electron chi connectivity index (χ2n) is 2.69. The molecule has 0 fully saturated rings. The molecule has 0 atom stereocenters. The maximum absolute atomic E-state index is 5.45. The molecule has 1 nitrogen and oxygen atoms in total. The Morgan fingerprint density at radius 3 is 2.91 bits per heavy atom. The molecule has 1 aliphatic rings. The predicted octanol–water partition coefficient (Wildman–Crippen LogP) is 2.17. The van der Waals surface area contributed by atoms with Gasteiger partial charge in [0.05, 0.1) is 0 Å². The first kappa shape index (κ1) is 8.28. The first-order valence-corrected chi connectivity index (χ1v) is 4.16. The van der Waals surface area contributed by atoms with Crippen LogP contribution in [0.25, 0.3) is 0 Å². The fourth-order valence-electron chi connectivity index (χ4n) is 1.10. The summed E-state index contributed by atoms with van der Waals surface area (Å²) in [6, 6.07) is 0. The molecule has 0 heterocycles. The summed E-state index contributed by atoms with van der Waals surface area (Å²) in [6.45, 7) is 0.740. The first-order valence-electron chi connectivity index (χ1n) is 4.16. The molecule has 2 N–H and O–H groups in total. The third-order valence-corrected chi connectivity index (χ3v) is 1.71. The van der Waals surface area contributed by atoms with Crippen LogP contribution in [0, 0.1) is 0 Å². The quantitative estimate of drug-likeness (QED) is 0.639. The predicted molar refractivity (Wildman–Crippen MR) is 49.3 cm³/mol. The summed E-state index contributed by atoms with van der Waals surface area (Å²) in [5.74, 6) is 0. The number of hydrogen-bond acceptors (Lipinski definition) is 1. The average molecular weight is 149 g/mol. The fraction of sp³-hybridized carbons (Fsp3) is 0.400. The zero-order valence-electron chi connectivity index (χ0n) is 6.79. The van der Waals surface area contributed by atoms with Crippen LogP contribution in [0.3, 0.4) is 0 Å². The Labute approximate surface area is 68.3 Å². The number of allylic oxidation sites excluding steroid dienone is 5.